The van der Waals surface area contributed by atoms with Gasteiger partial charge in [0.1, 0.15) is 18.1 Å². The number of aliphatic carboxylic acids is 1. The zero-order valence-electron chi connectivity index (χ0n) is 11.2. The molecule has 2 rings (SSSR count). The summed E-state index contributed by atoms with van der Waals surface area (Å²) >= 11 is 0. The van der Waals surface area contributed by atoms with E-state index in [0.29, 0.717) is 23.7 Å². The van der Waals surface area contributed by atoms with Crippen molar-refractivity contribution in [3.05, 3.63) is 42.0 Å². The van der Waals surface area contributed by atoms with Gasteiger partial charge in [-0.1, -0.05) is 0 Å². The van der Waals surface area contributed by atoms with Gasteiger partial charge in [-0.25, -0.2) is 9.37 Å². The highest BCUT2D eigenvalue weighted by molar-refractivity contribution is 5.72. The van der Waals surface area contributed by atoms with Crippen molar-refractivity contribution < 1.29 is 18.7 Å². The number of carboxylic acid groups (broad SMARTS) is 1. The summed E-state index contributed by atoms with van der Waals surface area (Å²) in [7, 11) is 1.70. The van der Waals surface area contributed by atoms with Crippen LogP contribution >= 0.6 is 0 Å². The fraction of sp³-hybridized carbons (Fsp3) is 0.286. The Morgan fingerprint density at radius 2 is 2.10 bits per heavy atom. The van der Waals surface area contributed by atoms with Crippen LogP contribution < -0.4 is 0 Å². The zero-order chi connectivity index (χ0) is 14.7. The van der Waals surface area contributed by atoms with Crippen LogP contribution in [0.4, 0.5) is 4.39 Å². The minimum Gasteiger partial charge on any atom is -0.480 e. The van der Waals surface area contributed by atoms with E-state index in [1.54, 1.807) is 31.0 Å². The fourth-order valence-corrected chi connectivity index (χ4v) is 1.69. The summed E-state index contributed by atoms with van der Waals surface area (Å²) in [6.45, 7) is 1.96. The van der Waals surface area contributed by atoms with Crippen molar-refractivity contribution >= 4 is 5.97 Å². The van der Waals surface area contributed by atoms with E-state index in [1.807, 2.05) is 0 Å². The minimum absolute atomic E-state index is 0.324. The Hall–Kier alpha value is -2.21. The Bertz CT molecular complexity index is 595. The van der Waals surface area contributed by atoms with Crippen molar-refractivity contribution in [3.8, 4) is 11.5 Å². The second-order valence-corrected chi connectivity index (χ2v) is 4.58. The number of carbonyl (C=O) groups is 1. The lowest BCUT2D eigenvalue weighted by molar-refractivity contribution is -0.142. The molecule has 5 nitrogen and oxygen atoms in total. The van der Waals surface area contributed by atoms with Crippen LogP contribution in [0.1, 0.15) is 12.6 Å². The number of likely N-dealkylation sites (N-methyl/N-ethyl adjacent to an activating group) is 1. The zero-order valence-corrected chi connectivity index (χ0v) is 11.2. The van der Waals surface area contributed by atoms with Gasteiger partial charge in [0, 0.05) is 12.1 Å². The molecule has 1 unspecified atom stereocenters. The fourth-order valence-electron chi connectivity index (χ4n) is 1.69. The second-order valence-electron chi connectivity index (χ2n) is 4.58. The maximum atomic E-state index is 12.8. The highest BCUT2D eigenvalue weighted by Gasteiger charge is 2.18. The van der Waals surface area contributed by atoms with Crippen molar-refractivity contribution in [1.29, 1.82) is 0 Å². The molecule has 0 aliphatic rings. The largest absolute Gasteiger partial charge is 0.480 e. The predicted molar refractivity (Wildman–Crippen MR) is 70.5 cm³/mol. The highest BCUT2D eigenvalue weighted by Crippen LogP contribution is 2.19. The van der Waals surface area contributed by atoms with E-state index in [9.17, 15) is 9.18 Å². The molecule has 0 radical (unpaired) electrons. The Labute approximate surface area is 115 Å². The summed E-state index contributed by atoms with van der Waals surface area (Å²) in [6, 6.07) is 5.21. The van der Waals surface area contributed by atoms with Crippen molar-refractivity contribution in [2.75, 3.05) is 7.05 Å². The number of nitrogens with zero attached hydrogens (tertiary/aromatic N) is 2. The van der Waals surface area contributed by atoms with Crippen LogP contribution in [0.3, 0.4) is 0 Å². The number of rotatable bonds is 5. The Balaban J connectivity index is 2.09. The molecule has 1 heterocycles. The molecular weight excluding hydrogens is 263 g/mol. The summed E-state index contributed by atoms with van der Waals surface area (Å²) in [5.74, 6) is -0.832. The van der Waals surface area contributed by atoms with Gasteiger partial charge in [0.15, 0.2) is 0 Å². The van der Waals surface area contributed by atoms with Crippen LogP contribution in [0.2, 0.25) is 0 Å². The molecule has 1 N–H and O–H groups in total. The average molecular weight is 278 g/mol. The van der Waals surface area contributed by atoms with Gasteiger partial charge in [-0.05, 0) is 38.2 Å². The smallest absolute Gasteiger partial charge is 0.320 e. The van der Waals surface area contributed by atoms with Crippen molar-refractivity contribution in [3.63, 3.8) is 0 Å². The summed E-state index contributed by atoms with van der Waals surface area (Å²) in [5, 5.41) is 8.92. The number of benzene rings is 1. The third-order valence-electron chi connectivity index (χ3n) is 3.07. The van der Waals surface area contributed by atoms with Crippen molar-refractivity contribution in [2.24, 2.45) is 0 Å². The first-order chi connectivity index (χ1) is 9.47. The molecule has 2 aromatic rings. The molecule has 1 aromatic carbocycles. The van der Waals surface area contributed by atoms with Gasteiger partial charge in [0.2, 0.25) is 5.89 Å². The Kier molecular flexibility index (Phi) is 4.14. The monoisotopic (exact) mass is 278 g/mol. The van der Waals surface area contributed by atoms with E-state index in [0.717, 1.165) is 0 Å². The minimum atomic E-state index is -0.894. The number of halogens is 1. The van der Waals surface area contributed by atoms with Crippen LogP contribution in [0.15, 0.2) is 34.9 Å². The molecule has 0 saturated carbocycles. The van der Waals surface area contributed by atoms with Crippen LogP contribution in [-0.2, 0) is 11.3 Å². The molecule has 0 bridgehead atoms. The molecule has 20 heavy (non-hydrogen) atoms. The lowest BCUT2D eigenvalue weighted by Gasteiger charge is -2.19. The van der Waals surface area contributed by atoms with E-state index < -0.39 is 12.0 Å². The third kappa shape index (κ3) is 3.21. The first kappa shape index (κ1) is 14.2. The number of aromatic nitrogens is 1. The summed E-state index contributed by atoms with van der Waals surface area (Å²) in [6.07, 6.45) is 1.48. The molecule has 0 spiro atoms. The third-order valence-corrected chi connectivity index (χ3v) is 3.07. The van der Waals surface area contributed by atoms with E-state index in [1.165, 1.54) is 18.4 Å². The van der Waals surface area contributed by atoms with Gasteiger partial charge in [0.25, 0.3) is 0 Å². The van der Waals surface area contributed by atoms with E-state index in [2.05, 4.69) is 4.98 Å². The molecule has 0 fully saturated rings. The second kappa shape index (κ2) is 5.83. The quantitative estimate of drug-likeness (QED) is 0.909. The molecule has 1 atom stereocenters. The molecule has 0 amide bonds. The van der Waals surface area contributed by atoms with Crippen LogP contribution in [0.25, 0.3) is 11.5 Å². The summed E-state index contributed by atoms with van der Waals surface area (Å²) < 4.78 is 18.2. The van der Waals surface area contributed by atoms with Gasteiger partial charge in [-0.15, -0.1) is 0 Å². The van der Waals surface area contributed by atoms with Crippen LogP contribution in [0, 0.1) is 5.82 Å². The molecular formula is C14H15FN2O3. The molecule has 0 saturated heterocycles. The normalized spacial score (nSPS) is 12.6. The van der Waals surface area contributed by atoms with E-state index >= 15 is 0 Å². The van der Waals surface area contributed by atoms with Crippen LogP contribution in [0.5, 0.6) is 0 Å². The number of oxazole rings is 1. The molecule has 106 valence electrons. The highest BCUT2D eigenvalue weighted by atomic mass is 19.1. The van der Waals surface area contributed by atoms with Crippen LogP contribution in [-0.4, -0.2) is 34.0 Å². The molecule has 6 heteroatoms. The summed E-state index contributed by atoms with van der Waals surface area (Å²) in [5.41, 5.74) is 1.30. The van der Waals surface area contributed by atoms with E-state index in [-0.39, 0.29) is 5.82 Å². The topological polar surface area (TPSA) is 66.6 Å². The molecule has 0 aliphatic heterocycles. The maximum Gasteiger partial charge on any atom is 0.320 e. The van der Waals surface area contributed by atoms with Gasteiger partial charge in [-0.2, -0.15) is 0 Å². The van der Waals surface area contributed by atoms with Gasteiger partial charge < -0.3 is 9.52 Å². The van der Waals surface area contributed by atoms with Gasteiger partial charge >= 0.3 is 5.97 Å². The van der Waals surface area contributed by atoms with Crippen molar-refractivity contribution in [1.82, 2.24) is 9.88 Å². The number of hydrogen-bond donors (Lipinski definition) is 1. The lowest BCUT2D eigenvalue weighted by Crippen LogP contribution is -2.35. The first-order valence-corrected chi connectivity index (χ1v) is 6.11. The van der Waals surface area contributed by atoms with Crippen molar-refractivity contribution in [2.45, 2.75) is 19.5 Å². The Morgan fingerprint density at radius 3 is 2.70 bits per heavy atom. The van der Waals surface area contributed by atoms with Gasteiger partial charge in [0.05, 0.1) is 5.69 Å². The molecule has 1 aromatic heterocycles. The Morgan fingerprint density at radius 1 is 1.45 bits per heavy atom. The SMILES string of the molecule is CC(C(=O)O)N(C)Cc1coc(-c2ccc(F)cc2)n1. The van der Waals surface area contributed by atoms with Gasteiger partial charge in [-0.3, -0.25) is 9.69 Å². The standard InChI is InChI=1S/C14H15FN2O3/c1-9(14(18)19)17(2)7-12-8-20-13(16-12)10-3-5-11(15)6-4-10/h3-6,8-9H,7H2,1-2H3,(H,18,19). The maximum absolute atomic E-state index is 12.8. The molecule has 0 aliphatic carbocycles. The van der Waals surface area contributed by atoms with E-state index in [4.69, 9.17) is 9.52 Å². The average Bonchev–Trinajstić information content (AvgIpc) is 2.87. The number of carboxylic acids is 1. The lowest BCUT2D eigenvalue weighted by atomic mass is 10.2. The number of hydrogen-bond acceptors (Lipinski definition) is 4. The first-order valence-electron chi connectivity index (χ1n) is 6.11. The summed E-state index contributed by atoms with van der Waals surface area (Å²) in [4.78, 5) is 16.8. The predicted octanol–water partition coefficient (Wildman–Crippen LogP) is 2.39.